The topological polar surface area (TPSA) is 102 Å². The highest BCUT2D eigenvalue weighted by Gasteiger charge is 2.39. The van der Waals surface area contributed by atoms with E-state index in [1.807, 2.05) is 48.5 Å². The number of fused-ring (bicyclic) bond motifs is 1. The second kappa shape index (κ2) is 16.9. The van der Waals surface area contributed by atoms with Crippen LogP contribution < -0.4 is 18.6 Å². The van der Waals surface area contributed by atoms with Crippen molar-refractivity contribution in [1.29, 1.82) is 0 Å². The number of carbonyl (C=O) groups is 1. The summed E-state index contributed by atoms with van der Waals surface area (Å²) in [5.41, 5.74) is 2.93. The third-order valence-electron chi connectivity index (χ3n) is 9.47. The van der Waals surface area contributed by atoms with E-state index in [1.54, 1.807) is 44.6 Å². The third-order valence-corrected chi connectivity index (χ3v) is 16.1. The van der Waals surface area contributed by atoms with Crippen molar-refractivity contribution in [1.82, 2.24) is 15.0 Å². The zero-order chi connectivity index (χ0) is 39.3. The van der Waals surface area contributed by atoms with Crippen LogP contribution >= 0.6 is 27.3 Å². The van der Waals surface area contributed by atoms with E-state index in [-0.39, 0.29) is 36.4 Å². The number of halogens is 2. The van der Waals surface area contributed by atoms with Gasteiger partial charge in [-0.05, 0) is 101 Å². The molecule has 0 radical (unpaired) electrons. The molecule has 6 rings (SSSR count). The van der Waals surface area contributed by atoms with Crippen LogP contribution in [0.15, 0.2) is 95.7 Å². The van der Waals surface area contributed by atoms with Gasteiger partial charge in [0.2, 0.25) is 20.3 Å². The molecular weight excluding hydrogens is 802 g/mol. The Labute approximate surface area is 334 Å². The van der Waals surface area contributed by atoms with Crippen molar-refractivity contribution in [2.45, 2.75) is 65.0 Å². The molecule has 0 bridgehead atoms. The maximum Gasteiger partial charge on any atom is 0.347 e. The number of aromatic nitrogens is 3. The number of ether oxygens (including phenoxy) is 4. The van der Waals surface area contributed by atoms with Crippen LogP contribution in [0, 0.1) is 5.82 Å². The average molecular weight is 845 g/mol. The van der Waals surface area contributed by atoms with Gasteiger partial charge in [0.25, 0.3) is 0 Å². The smallest absolute Gasteiger partial charge is 0.347 e. The minimum atomic E-state index is -2.23. The zero-order valence-corrected chi connectivity index (χ0v) is 35.2. The minimum absolute atomic E-state index is 0.0455. The van der Waals surface area contributed by atoms with Gasteiger partial charge in [0.1, 0.15) is 29.7 Å². The summed E-state index contributed by atoms with van der Waals surface area (Å²) < 4.78 is 46.1. The Morgan fingerprint density at radius 1 is 0.964 bits per heavy atom. The molecule has 0 saturated heterocycles. The normalized spacial score (nSPS) is 12.3. The Balaban J connectivity index is 1.35. The maximum absolute atomic E-state index is 13.8. The molecule has 3 aromatic carbocycles. The van der Waals surface area contributed by atoms with E-state index in [1.165, 1.54) is 23.5 Å². The summed E-state index contributed by atoms with van der Waals surface area (Å²) in [4.78, 5) is 28.4. The number of thiophene rings is 1. The monoisotopic (exact) mass is 843 g/mol. The van der Waals surface area contributed by atoms with Gasteiger partial charge in [-0.2, -0.15) is 0 Å². The van der Waals surface area contributed by atoms with Gasteiger partial charge < -0.3 is 23.4 Å². The van der Waals surface area contributed by atoms with Crippen LogP contribution in [0.3, 0.4) is 0 Å². The van der Waals surface area contributed by atoms with Crippen LogP contribution in [-0.4, -0.2) is 49.1 Å². The van der Waals surface area contributed by atoms with E-state index < -0.39 is 20.4 Å². The van der Waals surface area contributed by atoms with Crippen LogP contribution in [0.5, 0.6) is 23.1 Å². The molecule has 1 atom stereocenters. The molecule has 0 spiro atoms. The first-order chi connectivity index (χ1) is 26.3. The fourth-order valence-electron chi connectivity index (χ4n) is 5.56. The van der Waals surface area contributed by atoms with E-state index in [4.69, 9.17) is 28.4 Å². The molecule has 3 aromatic heterocycles. The van der Waals surface area contributed by atoms with Crippen LogP contribution in [0.25, 0.3) is 31.9 Å². The lowest BCUT2D eigenvalue weighted by Gasteiger charge is -2.36. The first kappa shape index (κ1) is 39.8. The van der Waals surface area contributed by atoms with Crippen molar-refractivity contribution in [3.8, 4) is 45.0 Å². The lowest BCUT2D eigenvalue weighted by molar-refractivity contribution is -0.151. The summed E-state index contributed by atoms with van der Waals surface area (Å²) in [5, 5.41) is 0.651. The Kier molecular flexibility index (Phi) is 12.2. The molecule has 13 heteroatoms. The molecule has 0 N–H and O–H groups in total. The Hall–Kier alpha value is -4.85. The second-order valence-corrected chi connectivity index (χ2v) is 20.9. The second-order valence-electron chi connectivity index (χ2n) is 14.3. The molecule has 0 amide bonds. The van der Waals surface area contributed by atoms with Crippen LogP contribution in [0.1, 0.15) is 39.0 Å². The van der Waals surface area contributed by atoms with Crippen LogP contribution in [0.4, 0.5) is 4.39 Å². The standard InChI is InChI=1S/C42H43BrFN3O6SSi/c1-8-50-41(48)34(52-40-36-35(20-22-46-40)54-38(37(36)43)26-13-15-28(44)16-14-26)24-27-23-30(53-55(6,7)42(2,3)4)17-18-32(27)51-25-29-19-21-45-39(47-29)31-11-9-10-12-33(31)49-5/h9-23,34H,8,24-25H2,1-7H3/t34-/m1/s1. The molecule has 55 heavy (non-hydrogen) atoms. The molecule has 0 unspecified atom stereocenters. The van der Waals surface area contributed by atoms with Gasteiger partial charge in [0.05, 0.1) is 30.4 Å². The SMILES string of the molecule is CCOC(=O)[C@@H](Cc1cc(O[Si](C)(C)C(C)(C)C)ccc1OCc1ccnc(-c2ccccc2OC)n1)Oc1nccc2sc(-c3ccc(F)cc3)c(Br)c12. The highest BCUT2D eigenvalue weighted by molar-refractivity contribution is 9.10. The van der Waals surface area contributed by atoms with Crippen molar-refractivity contribution in [3.05, 3.63) is 113 Å². The molecule has 3 heterocycles. The van der Waals surface area contributed by atoms with Crippen molar-refractivity contribution in [2.75, 3.05) is 13.7 Å². The number of carbonyl (C=O) groups excluding carboxylic acids is 1. The largest absolute Gasteiger partial charge is 0.543 e. The number of esters is 1. The molecule has 0 aliphatic rings. The average Bonchev–Trinajstić information content (AvgIpc) is 3.50. The summed E-state index contributed by atoms with van der Waals surface area (Å²) in [6.07, 6.45) is 2.32. The number of pyridine rings is 1. The molecule has 0 aliphatic heterocycles. The van der Waals surface area contributed by atoms with Crippen molar-refractivity contribution in [2.24, 2.45) is 0 Å². The lowest BCUT2D eigenvalue weighted by atomic mass is 10.1. The first-order valence-electron chi connectivity index (χ1n) is 17.8. The number of benzene rings is 3. The van der Waals surface area contributed by atoms with Crippen LogP contribution in [-0.2, 0) is 22.6 Å². The molecule has 9 nitrogen and oxygen atoms in total. The van der Waals surface area contributed by atoms with Gasteiger partial charge in [-0.3, -0.25) is 0 Å². The van der Waals surface area contributed by atoms with E-state index in [9.17, 15) is 9.18 Å². The quantitative estimate of drug-likeness (QED) is 0.0783. The number of nitrogens with zero attached hydrogens (tertiary/aromatic N) is 3. The lowest BCUT2D eigenvalue weighted by Crippen LogP contribution is -2.43. The summed E-state index contributed by atoms with van der Waals surface area (Å²) in [7, 11) is -0.619. The number of rotatable bonds is 14. The zero-order valence-electron chi connectivity index (χ0n) is 31.8. The minimum Gasteiger partial charge on any atom is -0.543 e. The van der Waals surface area contributed by atoms with Gasteiger partial charge in [0.15, 0.2) is 5.82 Å². The summed E-state index contributed by atoms with van der Waals surface area (Å²) in [6.45, 7) is 12.9. The van der Waals surface area contributed by atoms with E-state index in [0.29, 0.717) is 39.7 Å². The fraction of sp³-hybridized carbons (Fsp3) is 0.286. The molecule has 286 valence electrons. The number of hydrogen-bond acceptors (Lipinski definition) is 10. The molecule has 0 aliphatic carbocycles. The molecular formula is C42H43BrFN3O6SSi. The summed E-state index contributed by atoms with van der Waals surface area (Å²) in [6, 6.07) is 23.2. The number of hydrogen-bond donors (Lipinski definition) is 0. The Morgan fingerprint density at radius 2 is 1.71 bits per heavy atom. The summed E-state index contributed by atoms with van der Waals surface area (Å²) in [5.74, 6) is 1.76. The predicted octanol–water partition coefficient (Wildman–Crippen LogP) is 10.8. The number of para-hydroxylation sites is 1. The molecule has 0 saturated carbocycles. The van der Waals surface area contributed by atoms with E-state index >= 15 is 0 Å². The fourth-order valence-corrected chi connectivity index (χ4v) is 8.65. The van der Waals surface area contributed by atoms with Crippen LogP contribution in [0.2, 0.25) is 18.1 Å². The summed E-state index contributed by atoms with van der Waals surface area (Å²) >= 11 is 5.26. The predicted molar refractivity (Wildman–Crippen MR) is 220 cm³/mol. The van der Waals surface area contributed by atoms with Gasteiger partial charge in [-0.1, -0.05) is 45.0 Å². The highest BCUT2D eigenvalue weighted by atomic mass is 79.9. The molecule has 0 fully saturated rings. The number of methoxy groups -OCH3 is 1. The highest BCUT2D eigenvalue weighted by Crippen LogP contribution is 2.46. The van der Waals surface area contributed by atoms with Crippen molar-refractivity contribution >= 4 is 51.6 Å². The maximum atomic E-state index is 13.8. The van der Waals surface area contributed by atoms with Crippen molar-refractivity contribution in [3.63, 3.8) is 0 Å². The van der Waals surface area contributed by atoms with Gasteiger partial charge in [-0.15, -0.1) is 11.3 Å². The van der Waals surface area contributed by atoms with Gasteiger partial charge >= 0.3 is 5.97 Å². The van der Waals surface area contributed by atoms with E-state index in [0.717, 1.165) is 25.2 Å². The Morgan fingerprint density at radius 3 is 2.44 bits per heavy atom. The molecule has 6 aromatic rings. The Bertz CT molecular complexity index is 2300. The third kappa shape index (κ3) is 9.17. The van der Waals surface area contributed by atoms with Gasteiger partial charge in [0, 0.05) is 38.4 Å². The van der Waals surface area contributed by atoms with Gasteiger partial charge in [-0.25, -0.2) is 24.1 Å². The van der Waals surface area contributed by atoms with E-state index in [2.05, 4.69) is 59.8 Å². The first-order valence-corrected chi connectivity index (χ1v) is 22.4. The van der Waals surface area contributed by atoms with Crippen molar-refractivity contribution < 1.29 is 32.6 Å².